The second-order valence-electron chi connectivity index (χ2n) is 5.96. The number of hydrogen-bond donors (Lipinski definition) is 0. The van der Waals surface area contributed by atoms with Crippen LogP contribution in [0, 0.1) is 0 Å². The third-order valence-electron chi connectivity index (χ3n) is 3.86. The molecule has 0 spiro atoms. The molecule has 0 amide bonds. The minimum atomic E-state index is 0.776. The highest BCUT2D eigenvalue weighted by molar-refractivity contribution is 5.27. The summed E-state index contributed by atoms with van der Waals surface area (Å²) in [7, 11) is 0. The van der Waals surface area contributed by atoms with Crippen molar-refractivity contribution in [2.45, 2.75) is 58.8 Å². The molecule has 0 fully saturated rings. The average molecular weight is 312 g/mol. The van der Waals surface area contributed by atoms with Crippen LogP contribution < -0.4 is 4.74 Å². The van der Waals surface area contributed by atoms with Crippen molar-refractivity contribution in [2.75, 3.05) is 6.61 Å². The van der Waals surface area contributed by atoms with Gasteiger partial charge in [0.1, 0.15) is 11.6 Å². The molecule has 124 valence electrons. The van der Waals surface area contributed by atoms with Gasteiger partial charge in [0.2, 0.25) is 0 Å². The number of aromatic nitrogens is 2. The molecule has 2 aromatic rings. The summed E-state index contributed by atoms with van der Waals surface area (Å²) in [6.45, 7) is 5.11. The quantitative estimate of drug-likeness (QED) is 0.592. The smallest absolute Gasteiger partial charge is 0.128 e. The Hall–Kier alpha value is -1.90. The fraction of sp³-hybridized carbons (Fsp3) is 0.500. The molecule has 0 aliphatic carbocycles. The molecule has 0 saturated heterocycles. The van der Waals surface area contributed by atoms with Gasteiger partial charge in [-0.1, -0.05) is 38.8 Å². The molecule has 0 aliphatic rings. The lowest BCUT2D eigenvalue weighted by molar-refractivity contribution is 0.317. The predicted octanol–water partition coefficient (Wildman–Crippen LogP) is 4.78. The monoisotopic (exact) mass is 312 g/mol. The van der Waals surface area contributed by atoms with E-state index in [0.29, 0.717) is 0 Å². The third-order valence-corrected chi connectivity index (χ3v) is 3.86. The van der Waals surface area contributed by atoms with E-state index in [-0.39, 0.29) is 0 Å². The molecule has 0 saturated carbocycles. The maximum atomic E-state index is 5.60. The largest absolute Gasteiger partial charge is 0.494 e. The topological polar surface area (TPSA) is 35.0 Å². The minimum absolute atomic E-state index is 0.776. The first-order valence-electron chi connectivity index (χ1n) is 8.83. The summed E-state index contributed by atoms with van der Waals surface area (Å²) >= 11 is 0. The molecule has 0 unspecified atom stereocenters. The minimum Gasteiger partial charge on any atom is -0.494 e. The highest BCUT2D eigenvalue weighted by atomic mass is 16.5. The Balaban J connectivity index is 1.78. The first-order valence-corrected chi connectivity index (χ1v) is 8.83. The van der Waals surface area contributed by atoms with Crippen LogP contribution in [0.25, 0.3) is 0 Å². The van der Waals surface area contributed by atoms with Crippen LogP contribution in [0.5, 0.6) is 5.75 Å². The first-order chi connectivity index (χ1) is 11.3. The summed E-state index contributed by atoms with van der Waals surface area (Å²) in [6, 6.07) is 8.35. The number of rotatable bonds is 10. The van der Waals surface area contributed by atoms with Gasteiger partial charge in [0.05, 0.1) is 6.61 Å². The zero-order valence-electron chi connectivity index (χ0n) is 14.4. The summed E-state index contributed by atoms with van der Waals surface area (Å²) in [4.78, 5) is 8.99. The van der Waals surface area contributed by atoms with Crippen molar-refractivity contribution in [3.8, 4) is 5.75 Å². The van der Waals surface area contributed by atoms with E-state index in [2.05, 4.69) is 35.9 Å². The van der Waals surface area contributed by atoms with Crippen LogP contribution in [-0.4, -0.2) is 16.6 Å². The van der Waals surface area contributed by atoms with Crippen molar-refractivity contribution < 1.29 is 4.74 Å². The van der Waals surface area contributed by atoms with Gasteiger partial charge in [-0.15, -0.1) is 0 Å². The van der Waals surface area contributed by atoms with Crippen molar-refractivity contribution in [3.05, 3.63) is 53.6 Å². The number of hydrogen-bond acceptors (Lipinski definition) is 3. The van der Waals surface area contributed by atoms with Crippen molar-refractivity contribution in [3.63, 3.8) is 0 Å². The van der Waals surface area contributed by atoms with Crippen LogP contribution in [0.15, 0.2) is 36.7 Å². The second kappa shape index (κ2) is 9.98. The predicted molar refractivity (Wildman–Crippen MR) is 94.9 cm³/mol. The SMILES string of the molecule is CCCCCc1cnc(CCc2ccc(OCCC)cc2)nc1. The molecular formula is C20H28N2O. The van der Waals surface area contributed by atoms with Gasteiger partial charge in [-0.3, -0.25) is 0 Å². The van der Waals surface area contributed by atoms with E-state index in [9.17, 15) is 0 Å². The van der Waals surface area contributed by atoms with Gasteiger partial charge in [-0.05, 0) is 48.9 Å². The lowest BCUT2D eigenvalue weighted by Crippen LogP contribution is -2.00. The summed E-state index contributed by atoms with van der Waals surface area (Å²) in [5.74, 6) is 1.87. The van der Waals surface area contributed by atoms with Crippen molar-refractivity contribution >= 4 is 0 Å². The van der Waals surface area contributed by atoms with Gasteiger partial charge in [0.25, 0.3) is 0 Å². The molecule has 1 heterocycles. The van der Waals surface area contributed by atoms with Gasteiger partial charge >= 0.3 is 0 Å². The van der Waals surface area contributed by atoms with Crippen molar-refractivity contribution in [1.82, 2.24) is 9.97 Å². The first kappa shape index (κ1) is 17.5. The van der Waals surface area contributed by atoms with Crippen LogP contribution in [0.1, 0.15) is 56.5 Å². The molecule has 2 rings (SSSR count). The fourth-order valence-corrected chi connectivity index (χ4v) is 2.45. The Labute approximate surface area is 140 Å². The zero-order valence-corrected chi connectivity index (χ0v) is 14.4. The Bertz CT molecular complexity index is 549. The highest BCUT2D eigenvalue weighted by Gasteiger charge is 2.01. The van der Waals surface area contributed by atoms with Gasteiger partial charge in [0, 0.05) is 18.8 Å². The summed E-state index contributed by atoms with van der Waals surface area (Å²) in [5.41, 5.74) is 2.55. The van der Waals surface area contributed by atoms with Gasteiger partial charge in [-0.25, -0.2) is 9.97 Å². The number of unbranched alkanes of at least 4 members (excludes halogenated alkanes) is 2. The Morgan fingerprint density at radius 3 is 2.17 bits per heavy atom. The lowest BCUT2D eigenvalue weighted by Gasteiger charge is -2.06. The van der Waals surface area contributed by atoms with Gasteiger partial charge < -0.3 is 4.74 Å². The van der Waals surface area contributed by atoms with Gasteiger partial charge in [0.15, 0.2) is 0 Å². The van der Waals surface area contributed by atoms with E-state index in [1.54, 1.807) is 0 Å². The highest BCUT2D eigenvalue weighted by Crippen LogP contribution is 2.14. The van der Waals surface area contributed by atoms with Crippen LogP contribution in [0.3, 0.4) is 0 Å². The van der Waals surface area contributed by atoms with E-state index in [1.807, 2.05) is 24.5 Å². The molecule has 3 nitrogen and oxygen atoms in total. The Morgan fingerprint density at radius 1 is 0.783 bits per heavy atom. The molecule has 0 atom stereocenters. The second-order valence-corrected chi connectivity index (χ2v) is 5.96. The van der Waals surface area contributed by atoms with E-state index in [4.69, 9.17) is 4.74 Å². The molecule has 0 N–H and O–H groups in total. The van der Waals surface area contributed by atoms with Crippen LogP contribution in [0.2, 0.25) is 0 Å². The standard InChI is InChI=1S/C20H28N2O/c1-3-5-6-7-18-15-21-20(22-16-18)13-10-17-8-11-19(12-9-17)23-14-4-2/h8-9,11-12,15-16H,3-7,10,13-14H2,1-2H3. The Kier molecular flexibility index (Phi) is 7.58. The molecule has 0 aliphatic heterocycles. The summed E-state index contributed by atoms with van der Waals surface area (Å²) in [5, 5.41) is 0. The summed E-state index contributed by atoms with van der Waals surface area (Å²) in [6.07, 6.45) is 11.7. The van der Waals surface area contributed by atoms with Crippen LogP contribution >= 0.6 is 0 Å². The van der Waals surface area contributed by atoms with E-state index >= 15 is 0 Å². The maximum Gasteiger partial charge on any atom is 0.128 e. The van der Waals surface area contributed by atoms with E-state index in [0.717, 1.165) is 43.9 Å². The molecule has 0 bridgehead atoms. The van der Waals surface area contributed by atoms with E-state index < -0.39 is 0 Å². The number of aryl methyl sites for hydroxylation is 3. The number of benzene rings is 1. The van der Waals surface area contributed by atoms with Crippen molar-refractivity contribution in [2.24, 2.45) is 0 Å². The Morgan fingerprint density at radius 2 is 1.52 bits per heavy atom. The molecule has 0 radical (unpaired) electrons. The number of nitrogens with zero attached hydrogens (tertiary/aromatic N) is 2. The molecule has 23 heavy (non-hydrogen) atoms. The number of ether oxygens (including phenoxy) is 1. The van der Waals surface area contributed by atoms with Crippen LogP contribution in [0.4, 0.5) is 0 Å². The van der Waals surface area contributed by atoms with Crippen LogP contribution in [-0.2, 0) is 19.3 Å². The lowest BCUT2D eigenvalue weighted by atomic mass is 10.1. The average Bonchev–Trinajstić information content (AvgIpc) is 2.60. The molecule has 1 aromatic heterocycles. The van der Waals surface area contributed by atoms with Crippen molar-refractivity contribution in [1.29, 1.82) is 0 Å². The normalized spacial score (nSPS) is 10.7. The van der Waals surface area contributed by atoms with E-state index in [1.165, 1.54) is 30.4 Å². The maximum absolute atomic E-state index is 5.60. The summed E-state index contributed by atoms with van der Waals surface area (Å²) < 4.78 is 5.60. The molecule has 1 aromatic carbocycles. The van der Waals surface area contributed by atoms with Gasteiger partial charge in [-0.2, -0.15) is 0 Å². The molecule has 3 heteroatoms. The third kappa shape index (κ3) is 6.39. The molecular weight excluding hydrogens is 284 g/mol. The fourth-order valence-electron chi connectivity index (χ4n) is 2.45. The zero-order chi connectivity index (χ0) is 16.3.